The molecule has 1 aromatic carbocycles. The Morgan fingerprint density at radius 3 is 2.76 bits per heavy atom. The summed E-state index contributed by atoms with van der Waals surface area (Å²) in [5.74, 6) is -0.373. The lowest BCUT2D eigenvalue weighted by molar-refractivity contribution is -0.0366. The van der Waals surface area contributed by atoms with E-state index >= 15 is 0 Å². The zero-order valence-electron chi connectivity index (χ0n) is 17.7. The summed E-state index contributed by atoms with van der Waals surface area (Å²) in [7, 11) is 0. The SMILES string of the molecule is Cc1cc2cnn(C3CCCCO3)c2cc1[C@@H]1CN(C(=O)OC(C)(C)C)C[C@@H]1F. The van der Waals surface area contributed by atoms with Crippen LogP contribution in [-0.2, 0) is 9.47 Å². The molecule has 2 fully saturated rings. The maximum Gasteiger partial charge on any atom is 0.410 e. The topological polar surface area (TPSA) is 56.6 Å². The average molecular weight is 403 g/mol. The van der Waals surface area contributed by atoms with Gasteiger partial charge in [-0.3, -0.25) is 0 Å². The van der Waals surface area contributed by atoms with Gasteiger partial charge in [-0.15, -0.1) is 0 Å². The second kappa shape index (κ2) is 7.59. The number of aromatic nitrogens is 2. The monoisotopic (exact) mass is 403 g/mol. The first kappa shape index (κ1) is 20.1. The Bertz CT molecular complexity index is 899. The highest BCUT2D eigenvalue weighted by molar-refractivity contribution is 5.81. The summed E-state index contributed by atoms with van der Waals surface area (Å²) in [5.41, 5.74) is 2.30. The Morgan fingerprint density at radius 1 is 1.28 bits per heavy atom. The third kappa shape index (κ3) is 4.10. The zero-order chi connectivity index (χ0) is 20.8. The number of halogens is 1. The number of aryl methyl sites for hydroxylation is 1. The van der Waals surface area contributed by atoms with Crippen LogP contribution in [0.2, 0.25) is 0 Å². The lowest BCUT2D eigenvalue weighted by Gasteiger charge is -2.25. The Balaban J connectivity index is 1.61. The minimum Gasteiger partial charge on any atom is -0.444 e. The highest BCUT2D eigenvalue weighted by Crippen LogP contribution is 2.36. The van der Waals surface area contributed by atoms with Crippen molar-refractivity contribution < 1.29 is 18.7 Å². The average Bonchev–Trinajstić information content (AvgIpc) is 3.23. The molecule has 29 heavy (non-hydrogen) atoms. The van der Waals surface area contributed by atoms with E-state index in [0.29, 0.717) is 6.54 Å². The molecule has 0 spiro atoms. The molecule has 1 unspecified atom stereocenters. The van der Waals surface area contributed by atoms with Crippen LogP contribution >= 0.6 is 0 Å². The number of amides is 1. The first-order chi connectivity index (χ1) is 13.7. The van der Waals surface area contributed by atoms with Gasteiger partial charge >= 0.3 is 6.09 Å². The van der Waals surface area contributed by atoms with Crippen molar-refractivity contribution in [3.05, 3.63) is 29.5 Å². The van der Waals surface area contributed by atoms with Crippen molar-refractivity contribution in [2.24, 2.45) is 0 Å². The third-order valence-corrected chi connectivity index (χ3v) is 5.71. The zero-order valence-corrected chi connectivity index (χ0v) is 17.7. The van der Waals surface area contributed by atoms with Gasteiger partial charge < -0.3 is 14.4 Å². The molecule has 1 amide bonds. The predicted molar refractivity (Wildman–Crippen MR) is 109 cm³/mol. The van der Waals surface area contributed by atoms with Crippen LogP contribution in [0.3, 0.4) is 0 Å². The number of hydrogen-bond donors (Lipinski definition) is 0. The number of benzene rings is 1. The molecule has 2 aromatic rings. The summed E-state index contributed by atoms with van der Waals surface area (Å²) < 4.78 is 28.2. The smallest absolute Gasteiger partial charge is 0.410 e. The summed E-state index contributed by atoms with van der Waals surface area (Å²) in [4.78, 5) is 13.9. The highest BCUT2D eigenvalue weighted by Gasteiger charge is 2.39. The molecule has 0 N–H and O–H groups in total. The van der Waals surface area contributed by atoms with Crippen LogP contribution in [0.4, 0.5) is 9.18 Å². The molecule has 0 bridgehead atoms. The molecular formula is C22H30FN3O3. The van der Waals surface area contributed by atoms with Gasteiger partial charge in [0.2, 0.25) is 0 Å². The molecule has 3 heterocycles. The fourth-order valence-electron chi connectivity index (χ4n) is 4.30. The Kier molecular flexibility index (Phi) is 5.27. The summed E-state index contributed by atoms with van der Waals surface area (Å²) >= 11 is 0. The number of fused-ring (bicyclic) bond motifs is 1. The van der Waals surface area contributed by atoms with Crippen molar-refractivity contribution in [3.8, 4) is 0 Å². The molecule has 0 radical (unpaired) electrons. The molecule has 0 aliphatic carbocycles. The maximum absolute atomic E-state index is 15.0. The molecular weight excluding hydrogens is 373 g/mol. The van der Waals surface area contributed by atoms with Gasteiger partial charge in [-0.1, -0.05) is 0 Å². The van der Waals surface area contributed by atoms with Crippen LogP contribution < -0.4 is 0 Å². The maximum atomic E-state index is 15.0. The van der Waals surface area contributed by atoms with Crippen LogP contribution in [0.5, 0.6) is 0 Å². The molecule has 2 aliphatic heterocycles. The van der Waals surface area contributed by atoms with E-state index in [1.54, 1.807) is 0 Å². The van der Waals surface area contributed by atoms with Gasteiger partial charge in [0.15, 0.2) is 6.23 Å². The van der Waals surface area contributed by atoms with Crippen molar-refractivity contribution in [2.45, 2.75) is 70.9 Å². The Hall–Kier alpha value is -2.15. The minimum atomic E-state index is -1.12. The van der Waals surface area contributed by atoms with E-state index < -0.39 is 17.9 Å². The second-order valence-electron chi connectivity index (χ2n) is 9.19. The summed E-state index contributed by atoms with van der Waals surface area (Å²) in [5, 5.41) is 5.57. The van der Waals surface area contributed by atoms with E-state index in [4.69, 9.17) is 9.47 Å². The standard InChI is InChI=1S/C22H30FN3O3/c1-14-9-15-11-24-26(20-7-5-6-8-28-20)19(15)10-16(14)17-12-25(13-18(17)23)21(27)29-22(2,3)4/h9-11,17-18,20H,5-8,12-13H2,1-4H3/t17-,18-,20?/m0/s1. The quantitative estimate of drug-likeness (QED) is 0.728. The molecule has 158 valence electrons. The lowest BCUT2D eigenvalue weighted by Crippen LogP contribution is -2.35. The first-order valence-corrected chi connectivity index (χ1v) is 10.4. The largest absolute Gasteiger partial charge is 0.444 e. The van der Waals surface area contributed by atoms with Crippen molar-refractivity contribution in [1.82, 2.24) is 14.7 Å². The summed E-state index contributed by atoms with van der Waals surface area (Å²) in [6.07, 6.45) is 3.32. The number of likely N-dealkylation sites (tertiary alicyclic amines) is 1. The van der Waals surface area contributed by atoms with Gasteiger partial charge in [-0.05, 0) is 70.2 Å². The molecule has 3 atom stereocenters. The third-order valence-electron chi connectivity index (χ3n) is 5.71. The fraction of sp³-hybridized carbons (Fsp3) is 0.636. The van der Waals surface area contributed by atoms with Gasteiger partial charge in [0.1, 0.15) is 11.8 Å². The van der Waals surface area contributed by atoms with Gasteiger partial charge in [0.25, 0.3) is 0 Å². The van der Waals surface area contributed by atoms with E-state index in [0.717, 1.165) is 47.9 Å². The number of rotatable bonds is 2. The van der Waals surface area contributed by atoms with Gasteiger partial charge in [0, 0.05) is 24.5 Å². The molecule has 1 aromatic heterocycles. The number of nitrogens with zero attached hydrogens (tertiary/aromatic N) is 3. The van der Waals surface area contributed by atoms with Gasteiger partial charge in [0.05, 0.1) is 18.3 Å². The van der Waals surface area contributed by atoms with E-state index in [9.17, 15) is 9.18 Å². The van der Waals surface area contributed by atoms with Crippen LogP contribution in [0.25, 0.3) is 10.9 Å². The number of ether oxygens (including phenoxy) is 2. The second-order valence-corrected chi connectivity index (χ2v) is 9.19. The molecule has 2 aliphatic rings. The van der Waals surface area contributed by atoms with Crippen molar-refractivity contribution in [2.75, 3.05) is 19.7 Å². The number of carbonyl (C=O) groups excluding carboxylic acids is 1. The van der Waals surface area contributed by atoms with Crippen LogP contribution in [0, 0.1) is 6.92 Å². The van der Waals surface area contributed by atoms with Crippen LogP contribution in [0.1, 0.15) is 63.3 Å². The van der Waals surface area contributed by atoms with Crippen molar-refractivity contribution in [3.63, 3.8) is 0 Å². The minimum absolute atomic E-state index is 0.0576. The number of carbonyl (C=O) groups is 1. The fourth-order valence-corrected chi connectivity index (χ4v) is 4.30. The lowest BCUT2D eigenvalue weighted by atomic mass is 9.92. The number of alkyl halides is 1. The van der Waals surface area contributed by atoms with E-state index in [1.165, 1.54) is 4.90 Å². The van der Waals surface area contributed by atoms with E-state index in [1.807, 2.05) is 44.6 Å². The highest BCUT2D eigenvalue weighted by atomic mass is 19.1. The van der Waals surface area contributed by atoms with Crippen LogP contribution in [0.15, 0.2) is 18.3 Å². The molecule has 2 saturated heterocycles. The number of hydrogen-bond acceptors (Lipinski definition) is 4. The Labute approximate surface area is 170 Å². The molecule has 6 nitrogen and oxygen atoms in total. The normalized spacial score (nSPS) is 25.6. The van der Waals surface area contributed by atoms with Gasteiger partial charge in [-0.25, -0.2) is 13.9 Å². The predicted octanol–water partition coefficient (Wildman–Crippen LogP) is 4.72. The van der Waals surface area contributed by atoms with E-state index in [2.05, 4.69) is 11.2 Å². The van der Waals surface area contributed by atoms with Crippen molar-refractivity contribution in [1.29, 1.82) is 0 Å². The van der Waals surface area contributed by atoms with Gasteiger partial charge in [-0.2, -0.15) is 5.10 Å². The first-order valence-electron chi connectivity index (χ1n) is 10.4. The Morgan fingerprint density at radius 2 is 2.07 bits per heavy atom. The van der Waals surface area contributed by atoms with Crippen LogP contribution in [-0.4, -0.2) is 52.2 Å². The molecule has 7 heteroatoms. The molecule has 4 rings (SSSR count). The molecule has 0 saturated carbocycles. The van der Waals surface area contributed by atoms with E-state index in [-0.39, 0.29) is 18.7 Å². The van der Waals surface area contributed by atoms with Crippen molar-refractivity contribution >= 4 is 17.0 Å². The summed E-state index contributed by atoms with van der Waals surface area (Å²) in [6, 6.07) is 4.09. The summed E-state index contributed by atoms with van der Waals surface area (Å²) in [6.45, 7) is 8.56.